The van der Waals surface area contributed by atoms with E-state index in [4.69, 9.17) is 14.5 Å². The Kier molecular flexibility index (Phi) is 7.37. The van der Waals surface area contributed by atoms with Gasteiger partial charge in [0.2, 0.25) is 0 Å². The van der Waals surface area contributed by atoms with Crippen LogP contribution in [0.4, 0.5) is 0 Å². The fourth-order valence-corrected chi connectivity index (χ4v) is 5.63. The van der Waals surface area contributed by atoms with Crippen LogP contribution in [-0.4, -0.2) is 54.0 Å². The van der Waals surface area contributed by atoms with Crippen molar-refractivity contribution in [2.75, 3.05) is 0 Å². The molecule has 0 bridgehead atoms. The molecule has 198 valence electrons. The number of aryl methyl sites for hydroxylation is 1. The Morgan fingerprint density at radius 3 is 2.81 bits per heavy atom. The monoisotopic (exact) mass is 508 g/mol. The minimum atomic E-state index is -0.816. The Hall–Kier alpha value is -3.14. The number of hydrogen-bond donors (Lipinski definition) is 1. The van der Waals surface area contributed by atoms with Crippen LogP contribution in [0.3, 0.4) is 0 Å². The van der Waals surface area contributed by atoms with Crippen molar-refractivity contribution in [2.45, 2.75) is 96.4 Å². The van der Waals surface area contributed by atoms with Gasteiger partial charge in [0.15, 0.2) is 0 Å². The molecule has 0 radical (unpaired) electrons. The van der Waals surface area contributed by atoms with Crippen LogP contribution in [0, 0.1) is 5.41 Å². The number of hydrogen-bond acceptors (Lipinski definition) is 8. The summed E-state index contributed by atoms with van der Waals surface area (Å²) < 4.78 is 14.0. The molecule has 1 N–H and O–H groups in total. The summed E-state index contributed by atoms with van der Waals surface area (Å²) in [6.45, 7) is 4.52. The molecular formula is C27H36N6O4. The lowest BCUT2D eigenvalue weighted by Crippen LogP contribution is -2.46. The molecule has 1 saturated carbocycles. The number of aliphatic carboxylic acids is 1. The Morgan fingerprint density at radius 2 is 2.08 bits per heavy atom. The topological polar surface area (TPSA) is 125 Å². The molecule has 2 fully saturated rings. The van der Waals surface area contributed by atoms with E-state index in [1.54, 1.807) is 10.9 Å². The molecule has 3 aliphatic rings. The highest BCUT2D eigenvalue weighted by Crippen LogP contribution is 2.43. The second-order valence-electron chi connectivity index (χ2n) is 10.6. The molecular weight excluding hydrogens is 472 g/mol. The molecule has 0 spiro atoms. The van der Waals surface area contributed by atoms with Gasteiger partial charge in [-0.15, -0.1) is 5.10 Å². The number of aromatic nitrogens is 5. The third-order valence-corrected chi connectivity index (χ3v) is 8.13. The molecule has 1 saturated heterocycles. The number of allylic oxidation sites excluding steroid dienone is 1. The zero-order valence-electron chi connectivity index (χ0n) is 21.9. The molecule has 10 heteroatoms. The molecule has 10 nitrogen and oxygen atoms in total. The molecule has 2 aliphatic heterocycles. The van der Waals surface area contributed by atoms with Crippen LogP contribution in [-0.2, 0) is 23.2 Å². The van der Waals surface area contributed by atoms with Crippen LogP contribution in [0.15, 0.2) is 23.3 Å². The summed E-state index contributed by atoms with van der Waals surface area (Å²) in [5.74, 6) is -0.307. The highest BCUT2D eigenvalue weighted by molar-refractivity contribution is 5.96. The van der Waals surface area contributed by atoms with Gasteiger partial charge in [0.05, 0.1) is 30.0 Å². The van der Waals surface area contributed by atoms with E-state index >= 15 is 0 Å². The number of rotatable bonds is 9. The van der Waals surface area contributed by atoms with Gasteiger partial charge in [-0.25, -0.2) is 9.67 Å². The third-order valence-electron chi connectivity index (χ3n) is 8.13. The minimum Gasteiger partial charge on any atom is -0.481 e. The van der Waals surface area contributed by atoms with Crippen molar-refractivity contribution < 1.29 is 19.4 Å². The minimum absolute atomic E-state index is 0.0442. The van der Waals surface area contributed by atoms with Gasteiger partial charge in [-0.3, -0.25) is 9.79 Å². The Morgan fingerprint density at radius 1 is 1.27 bits per heavy atom. The first-order valence-electron chi connectivity index (χ1n) is 13.4. The van der Waals surface area contributed by atoms with Crippen molar-refractivity contribution in [3.05, 3.63) is 35.4 Å². The molecule has 4 heterocycles. The van der Waals surface area contributed by atoms with Crippen molar-refractivity contribution in [1.82, 2.24) is 25.0 Å². The fraction of sp³-hybridized carbons (Fsp3) is 0.630. The Bertz CT molecular complexity index is 1200. The molecule has 2 aromatic heterocycles. The summed E-state index contributed by atoms with van der Waals surface area (Å²) in [5.41, 5.74) is 4.08. The third kappa shape index (κ3) is 5.30. The first-order chi connectivity index (χ1) is 17.9. The molecule has 37 heavy (non-hydrogen) atoms. The van der Waals surface area contributed by atoms with E-state index in [1.165, 1.54) is 19.3 Å². The maximum absolute atomic E-state index is 11.2. The van der Waals surface area contributed by atoms with Crippen LogP contribution < -0.4 is 4.74 Å². The van der Waals surface area contributed by atoms with Gasteiger partial charge in [0.25, 0.3) is 0 Å². The lowest BCUT2D eigenvalue weighted by molar-refractivity contribution is -0.146. The summed E-state index contributed by atoms with van der Waals surface area (Å²) in [7, 11) is 1.84. The second-order valence-corrected chi connectivity index (χ2v) is 10.6. The van der Waals surface area contributed by atoms with Gasteiger partial charge in [-0.05, 0) is 51.0 Å². The maximum atomic E-state index is 11.2. The summed E-state index contributed by atoms with van der Waals surface area (Å²) in [6, 6.07) is 2.34. The average molecular weight is 509 g/mol. The second kappa shape index (κ2) is 10.7. The summed E-state index contributed by atoms with van der Waals surface area (Å²) >= 11 is 0. The van der Waals surface area contributed by atoms with Crippen molar-refractivity contribution in [3.63, 3.8) is 0 Å². The van der Waals surface area contributed by atoms with E-state index in [9.17, 15) is 9.90 Å². The molecule has 1 unspecified atom stereocenters. The van der Waals surface area contributed by atoms with E-state index in [-0.39, 0.29) is 30.7 Å². The predicted octanol–water partition coefficient (Wildman–Crippen LogP) is 4.47. The standard InChI is InChI=1S/C27H36N6O4/c1-4-22-27(2,23-10-6-9-18(37-23)15-24(34)35)13-11-20(29-22)25-21(33(3)32-31-25)16-36-26-28-14-12-19(30-26)17-7-5-8-17/h11-12,14,17-18,23H,4-10,13,15-16H2,1-3H3,(H,34,35)/t18-,23-,27?/m1/s1. The molecule has 3 atom stereocenters. The average Bonchev–Trinajstić information content (AvgIpc) is 3.22. The van der Waals surface area contributed by atoms with Crippen molar-refractivity contribution in [3.8, 4) is 6.01 Å². The number of carboxylic acids is 1. The zero-order chi connectivity index (χ0) is 26.0. The Labute approximate surface area is 217 Å². The smallest absolute Gasteiger partial charge is 0.316 e. The van der Waals surface area contributed by atoms with E-state index in [0.717, 1.165) is 54.9 Å². The molecule has 1 aliphatic carbocycles. The van der Waals surface area contributed by atoms with Gasteiger partial charge >= 0.3 is 12.0 Å². The lowest BCUT2D eigenvalue weighted by Gasteiger charge is -2.43. The van der Waals surface area contributed by atoms with E-state index in [1.807, 2.05) is 13.1 Å². The van der Waals surface area contributed by atoms with Crippen molar-refractivity contribution in [1.29, 1.82) is 0 Å². The van der Waals surface area contributed by atoms with Gasteiger partial charge < -0.3 is 14.6 Å². The van der Waals surface area contributed by atoms with E-state index in [2.05, 4.69) is 40.2 Å². The largest absolute Gasteiger partial charge is 0.481 e. The van der Waals surface area contributed by atoms with Crippen molar-refractivity contribution in [2.24, 2.45) is 17.5 Å². The molecule has 2 aromatic rings. The van der Waals surface area contributed by atoms with E-state index < -0.39 is 5.97 Å². The number of ether oxygens (including phenoxy) is 2. The lowest BCUT2D eigenvalue weighted by atomic mass is 9.71. The van der Waals surface area contributed by atoms with Crippen molar-refractivity contribution >= 4 is 17.4 Å². The fourth-order valence-electron chi connectivity index (χ4n) is 5.63. The highest BCUT2D eigenvalue weighted by atomic mass is 16.5. The summed E-state index contributed by atoms with van der Waals surface area (Å²) in [6.07, 6.45) is 11.3. The van der Waals surface area contributed by atoms with E-state index in [0.29, 0.717) is 17.6 Å². The maximum Gasteiger partial charge on any atom is 0.316 e. The molecule has 0 aromatic carbocycles. The normalized spacial score (nSPS) is 26.2. The first kappa shape index (κ1) is 25.5. The predicted molar refractivity (Wildman–Crippen MR) is 137 cm³/mol. The van der Waals surface area contributed by atoms with Crippen LogP contribution in [0.2, 0.25) is 0 Å². The molecule has 5 rings (SSSR count). The first-order valence-corrected chi connectivity index (χ1v) is 13.4. The quantitative estimate of drug-likeness (QED) is 0.526. The van der Waals surface area contributed by atoms with Gasteiger partial charge in [-0.1, -0.05) is 31.6 Å². The van der Waals surface area contributed by atoms with Crippen LogP contribution in [0.5, 0.6) is 6.01 Å². The number of carbonyl (C=O) groups is 1. The SMILES string of the molecule is CCC1=NC(c2nnn(C)c2COc2nccc(C3CCC3)n2)=CCC1(C)[C@H]1CCC[C@H](CC(=O)O)O1. The zero-order valence-corrected chi connectivity index (χ0v) is 21.9. The molecule has 0 amide bonds. The van der Waals surface area contributed by atoms with Gasteiger partial charge in [0, 0.05) is 30.3 Å². The summed E-state index contributed by atoms with van der Waals surface area (Å²) in [4.78, 5) is 25.2. The van der Waals surface area contributed by atoms with Crippen LogP contribution in [0.25, 0.3) is 5.70 Å². The van der Waals surface area contributed by atoms with Crippen LogP contribution in [0.1, 0.15) is 94.6 Å². The highest BCUT2D eigenvalue weighted by Gasteiger charge is 2.43. The summed E-state index contributed by atoms with van der Waals surface area (Å²) in [5, 5.41) is 17.9. The Balaban J connectivity index is 1.32. The van der Waals surface area contributed by atoms with Crippen LogP contribution >= 0.6 is 0 Å². The number of nitrogens with zero attached hydrogens (tertiary/aromatic N) is 6. The number of carboxylic acid groups (broad SMARTS) is 1. The van der Waals surface area contributed by atoms with Gasteiger partial charge in [-0.2, -0.15) is 4.98 Å². The number of aliphatic imine (C=N–C) groups is 1. The van der Waals surface area contributed by atoms with Gasteiger partial charge in [0.1, 0.15) is 18.0 Å².